The van der Waals surface area contributed by atoms with Crippen molar-refractivity contribution < 1.29 is 15.0 Å². The number of carboxylic acid groups (broad SMARTS) is 1. The van der Waals surface area contributed by atoms with E-state index in [1.807, 2.05) is 6.08 Å². The molecule has 3 nitrogen and oxygen atoms in total. The molecule has 0 bridgehead atoms. The summed E-state index contributed by atoms with van der Waals surface area (Å²) in [7, 11) is 0. The van der Waals surface area contributed by atoms with Gasteiger partial charge in [-0.1, -0.05) is 70.4 Å². The SMILES string of the molecule is CCCCC/C=C/[C@@H](O)CCCCCCCCCC(=O)O. The monoisotopic (exact) mass is 298 g/mol. The Labute approximate surface area is 130 Å². The van der Waals surface area contributed by atoms with Crippen LogP contribution in [0.4, 0.5) is 0 Å². The van der Waals surface area contributed by atoms with Crippen LogP contribution in [0.3, 0.4) is 0 Å². The van der Waals surface area contributed by atoms with Crippen LogP contribution in [0, 0.1) is 0 Å². The Morgan fingerprint density at radius 1 is 0.952 bits per heavy atom. The van der Waals surface area contributed by atoms with Crippen molar-refractivity contribution in [1.82, 2.24) is 0 Å². The molecule has 0 aliphatic heterocycles. The second-order valence-electron chi connectivity index (χ2n) is 5.90. The Morgan fingerprint density at radius 2 is 1.57 bits per heavy atom. The molecule has 0 radical (unpaired) electrons. The van der Waals surface area contributed by atoms with Crippen LogP contribution in [0.1, 0.15) is 90.4 Å². The van der Waals surface area contributed by atoms with Crippen molar-refractivity contribution in [2.24, 2.45) is 0 Å². The van der Waals surface area contributed by atoms with Crippen molar-refractivity contribution >= 4 is 5.97 Å². The molecule has 0 unspecified atom stereocenters. The number of unbranched alkanes of at least 4 members (excludes halogenated alkanes) is 9. The standard InChI is InChI=1S/C18H34O3/c1-2-3-4-8-11-14-17(19)15-12-9-6-5-7-10-13-16-18(20)21/h11,14,17,19H,2-10,12-13,15-16H2,1H3,(H,20,21)/b14-11+/t17-/m1/s1. The highest BCUT2D eigenvalue weighted by Crippen LogP contribution is 2.11. The highest BCUT2D eigenvalue weighted by Gasteiger charge is 1.99. The number of carboxylic acids is 1. The molecule has 0 fully saturated rings. The van der Waals surface area contributed by atoms with Crippen LogP contribution in [0.5, 0.6) is 0 Å². The van der Waals surface area contributed by atoms with E-state index in [1.54, 1.807) is 0 Å². The molecule has 0 amide bonds. The lowest BCUT2D eigenvalue weighted by molar-refractivity contribution is -0.137. The van der Waals surface area contributed by atoms with E-state index in [0.717, 1.165) is 38.5 Å². The minimum atomic E-state index is -0.688. The maximum atomic E-state index is 10.3. The number of hydrogen-bond acceptors (Lipinski definition) is 2. The van der Waals surface area contributed by atoms with Crippen LogP contribution in [0.15, 0.2) is 12.2 Å². The van der Waals surface area contributed by atoms with E-state index < -0.39 is 5.97 Å². The minimum Gasteiger partial charge on any atom is -0.481 e. The van der Waals surface area contributed by atoms with E-state index in [2.05, 4.69) is 13.0 Å². The number of aliphatic hydroxyl groups excluding tert-OH is 1. The van der Waals surface area contributed by atoms with Gasteiger partial charge in [0, 0.05) is 6.42 Å². The van der Waals surface area contributed by atoms with Crippen molar-refractivity contribution in [1.29, 1.82) is 0 Å². The Balaban J connectivity index is 3.24. The van der Waals surface area contributed by atoms with E-state index >= 15 is 0 Å². The third kappa shape index (κ3) is 17.1. The first kappa shape index (κ1) is 20.2. The molecular formula is C18H34O3. The fraction of sp³-hybridized carbons (Fsp3) is 0.833. The van der Waals surface area contributed by atoms with Gasteiger partial charge in [-0.3, -0.25) is 4.79 Å². The lowest BCUT2D eigenvalue weighted by Gasteiger charge is -2.05. The highest BCUT2D eigenvalue weighted by atomic mass is 16.4. The van der Waals surface area contributed by atoms with Crippen molar-refractivity contribution in [2.45, 2.75) is 96.5 Å². The van der Waals surface area contributed by atoms with E-state index in [-0.39, 0.29) is 6.10 Å². The zero-order valence-electron chi connectivity index (χ0n) is 13.7. The summed E-state index contributed by atoms with van der Waals surface area (Å²) in [5, 5.41) is 18.3. The maximum absolute atomic E-state index is 10.3. The molecular weight excluding hydrogens is 264 g/mol. The lowest BCUT2D eigenvalue weighted by Crippen LogP contribution is -2.01. The molecule has 0 spiro atoms. The summed E-state index contributed by atoms with van der Waals surface area (Å²) < 4.78 is 0. The van der Waals surface area contributed by atoms with E-state index in [0.29, 0.717) is 6.42 Å². The summed E-state index contributed by atoms with van der Waals surface area (Å²) >= 11 is 0. The second-order valence-corrected chi connectivity index (χ2v) is 5.90. The van der Waals surface area contributed by atoms with Crippen LogP contribution in [-0.4, -0.2) is 22.3 Å². The summed E-state index contributed by atoms with van der Waals surface area (Å²) in [5.41, 5.74) is 0. The van der Waals surface area contributed by atoms with Crippen molar-refractivity contribution in [3.8, 4) is 0 Å². The fourth-order valence-electron chi connectivity index (χ4n) is 2.38. The van der Waals surface area contributed by atoms with Gasteiger partial charge in [0.15, 0.2) is 0 Å². The zero-order valence-corrected chi connectivity index (χ0v) is 13.7. The van der Waals surface area contributed by atoms with Crippen LogP contribution >= 0.6 is 0 Å². The van der Waals surface area contributed by atoms with Gasteiger partial charge in [-0.25, -0.2) is 0 Å². The van der Waals surface area contributed by atoms with Crippen LogP contribution in [-0.2, 0) is 4.79 Å². The largest absolute Gasteiger partial charge is 0.481 e. The average molecular weight is 298 g/mol. The molecule has 0 heterocycles. The minimum absolute atomic E-state index is 0.276. The van der Waals surface area contributed by atoms with Gasteiger partial charge in [-0.15, -0.1) is 0 Å². The number of hydrogen-bond donors (Lipinski definition) is 2. The first-order chi connectivity index (χ1) is 10.2. The maximum Gasteiger partial charge on any atom is 0.303 e. The van der Waals surface area contributed by atoms with Gasteiger partial charge in [0.05, 0.1) is 6.10 Å². The summed E-state index contributed by atoms with van der Waals surface area (Å²) in [5.74, 6) is -0.688. The van der Waals surface area contributed by atoms with Gasteiger partial charge < -0.3 is 10.2 Å². The predicted octanol–water partition coefficient (Wildman–Crippen LogP) is 5.08. The smallest absolute Gasteiger partial charge is 0.303 e. The lowest BCUT2D eigenvalue weighted by atomic mass is 10.0. The third-order valence-corrected chi connectivity index (χ3v) is 3.72. The molecule has 0 aliphatic rings. The average Bonchev–Trinajstić information content (AvgIpc) is 2.45. The molecule has 0 saturated heterocycles. The second kappa shape index (κ2) is 15.6. The molecule has 1 atom stereocenters. The van der Waals surface area contributed by atoms with Gasteiger partial charge in [-0.2, -0.15) is 0 Å². The Bertz CT molecular complexity index is 261. The van der Waals surface area contributed by atoms with E-state index in [4.69, 9.17) is 5.11 Å². The molecule has 0 aliphatic carbocycles. The molecule has 21 heavy (non-hydrogen) atoms. The third-order valence-electron chi connectivity index (χ3n) is 3.72. The van der Waals surface area contributed by atoms with Gasteiger partial charge in [0.25, 0.3) is 0 Å². The molecule has 0 saturated carbocycles. The summed E-state index contributed by atoms with van der Waals surface area (Å²) in [6, 6.07) is 0. The summed E-state index contributed by atoms with van der Waals surface area (Å²) in [6.07, 6.45) is 17.4. The molecule has 0 aromatic heterocycles. The molecule has 3 heteroatoms. The highest BCUT2D eigenvalue weighted by molar-refractivity contribution is 5.66. The first-order valence-corrected chi connectivity index (χ1v) is 8.73. The van der Waals surface area contributed by atoms with Crippen LogP contribution in [0.2, 0.25) is 0 Å². The molecule has 0 aromatic rings. The summed E-state index contributed by atoms with van der Waals surface area (Å²) in [4.78, 5) is 10.3. The molecule has 0 aromatic carbocycles. The number of allylic oxidation sites excluding steroid dienone is 1. The van der Waals surface area contributed by atoms with Gasteiger partial charge in [-0.05, 0) is 25.7 Å². The number of aliphatic carboxylic acids is 1. The van der Waals surface area contributed by atoms with Crippen molar-refractivity contribution in [3.05, 3.63) is 12.2 Å². The van der Waals surface area contributed by atoms with Gasteiger partial charge in [0.1, 0.15) is 0 Å². The first-order valence-electron chi connectivity index (χ1n) is 8.73. The number of carbonyl (C=O) groups is 1. The zero-order chi connectivity index (χ0) is 15.8. The fourth-order valence-corrected chi connectivity index (χ4v) is 2.38. The Kier molecular flexibility index (Phi) is 14.9. The molecule has 2 N–H and O–H groups in total. The number of rotatable bonds is 15. The molecule has 124 valence electrons. The van der Waals surface area contributed by atoms with E-state index in [1.165, 1.54) is 38.5 Å². The summed E-state index contributed by atoms with van der Waals surface area (Å²) in [6.45, 7) is 2.20. The number of aliphatic hydroxyl groups is 1. The Morgan fingerprint density at radius 3 is 2.19 bits per heavy atom. The predicted molar refractivity (Wildman–Crippen MR) is 88.5 cm³/mol. The van der Waals surface area contributed by atoms with E-state index in [9.17, 15) is 9.90 Å². The van der Waals surface area contributed by atoms with Gasteiger partial charge >= 0.3 is 5.97 Å². The van der Waals surface area contributed by atoms with Crippen LogP contribution < -0.4 is 0 Å². The van der Waals surface area contributed by atoms with Gasteiger partial charge in [0.2, 0.25) is 0 Å². The van der Waals surface area contributed by atoms with Crippen molar-refractivity contribution in [2.75, 3.05) is 0 Å². The molecule has 0 rings (SSSR count). The topological polar surface area (TPSA) is 57.5 Å². The normalized spacial score (nSPS) is 12.9. The quantitative estimate of drug-likeness (QED) is 0.327. The van der Waals surface area contributed by atoms with Crippen molar-refractivity contribution in [3.63, 3.8) is 0 Å². The Hall–Kier alpha value is -0.830. The van der Waals surface area contributed by atoms with Crippen LogP contribution in [0.25, 0.3) is 0 Å².